The number of hydrogen-bond acceptors (Lipinski definition) is 4. The van der Waals surface area contributed by atoms with Gasteiger partial charge in [0.2, 0.25) is 5.91 Å². The molecule has 1 N–H and O–H groups in total. The van der Waals surface area contributed by atoms with Crippen molar-refractivity contribution in [3.63, 3.8) is 0 Å². The molecule has 150 valence electrons. The molecule has 0 bridgehead atoms. The Balaban J connectivity index is 1.66. The molecule has 0 spiro atoms. The van der Waals surface area contributed by atoms with Crippen LogP contribution in [0.3, 0.4) is 0 Å². The van der Waals surface area contributed by atoms with Gasteiger partial charge in [0, 0.05) is 38.6 Å². The second kappa shape index (κ2) is 9.56. The zero-order valence-electron chi connectivity index (χ0n) is 17.1. The molecule has 1 aromatic carbocycles. The van der Waals surface area contributed by atoms with Crippen LogP contribution in [0.5, 0.6) is 5.75 Å². The van der Waals surface area contributed by atoms with Crippen molar-refractivity contribution in [1.29, 1.82) is 0 Å². The zero-order chi connectivity index (χ0) is 19.2. The molecule has 27 heavy (non-hydrogen) atoms. The topological polar surface area (TPSA) is 44.8 Å². The van der Waals surface area contributed by atoms with E-state index in [1.807, 2.05) is 12.1 Å². The first-order valence-corrected chi connectivity index (χ1v) is 10.4. The summed E-state index contributed by atoms with van der Waals surface area (Å²) in [6.07, 6.45) is 4.96. The standard InChI is InChI=1S/C22H35N3O2/c1-17(18-6-4-5-7-18)22(26)23-16-21(25-14-12-24(2)13-15-25)19-8-10-20(27-3)11-9-19/h8-11,17-18,21H,4-7,12-16H2,1-3H3,(H,23,26). The third-order valence-corrected chi connectivity index (χ3v) is 6.47. The molecular weight excluding hydrogens is 338 g/mol. The van der Waals surface area contributed by atoms with Crippen molar-refractivity contribution in [2.24, 2.45) is 11.8 Å². The number of methoxy groups -OCH3 is 1. The number of rotatable bonds is 7. The summed E-state index contributed by atoms with van der Waals surface area (Å²) in [6.45, 7) is 6.97. The van der Waals surface area contributed by atoms with Crippen molar-refractivity contribution in [2.75, 3.05) is 46.9 Å². The van der Waals surface area contributed by atoms with Gasteiger partial charge in [-0.3, -0.25) is 9.69 Å². The molecule has 1 aliphatic heterocycles. The highest BCUT2D eigenvalue weighted by Gasteiger charge is 2.29. The lowest BCUT2D eigenvalue weighted by Gasteiger charge is -2.38. The molecule has 2 atom stereocenters. The first-order valence-electron chi connectivity index (χ1n) is 10.4. The van der Waals surface area contributed by atoms with Crippen LogP contribution in [0, 0.1) is 11.8 Å². The number of benzene rings is 1. The third kappa shape index (κ3) is 5.23. The van der Waals surface area contributed by atoms with Crippen molar-refractivity contribution in [2.45, 2.75) is 38.6 Å². The van der Waals surface area contributed by atoms with Crippen molar-refractivity contribution < 1.29 is 9.53 Å². The smallest absolute Gasteiger partial charge is 0.223 e. The number of piperazine rings is 1. The van der Waals surface area contributed by atoms with Crippen molar-refractivity contribution in [3.8, 4) is 5.75 Å². The Morgan fingerprint density at radius 1 is 1.15 bits per heavy atom. The van der Waals surface area contributed by atoms with Gasteiger partial charge in [-0.2, -0.15) is 0 Å². The largest absolute Gasteiger partial charge is 0.497 e. The van der Waals surface area contributed by atoms with E-state index in [2.05, 4.69) is 41.2 Å². The van der Waals surface area contributed by atoms with E-state index in [-0.39, 0.29) is 17.9 Å². The Bertz CT molecular complexity index is 590. The first kappa shape index (κ1) is 20.2. The first-order chi connectivity index (χ1) is 13.1. The molecule has 1 aliphatic carbocycles. The molecule has 1 saturated heterocycles. The lowest BCUT2D eigenvalue weighted by atomic mass is 9.91. The van der Waals surface area contributed by atoms with Gasteiger partial charge in [0.1, 0.15) is 5.75 Å². The fourth-order valence-electron chi connectivity index (χ4n) is 4.45. The summed E-state index contributed by atoms with van der Waals surface area (Å²) in [4.78, 5) is 17.6. The maximum absolute atomic E-state index is 12.7. The van der Waals surface area contributed by atoms with E-state index in [1.54, 1.807) is 7.11 Å². The van der Waals surface area contributed by atoms with Gasteiger partial charge in [0.25, 0.3) is 0 Å². The van der Waals surface area contributed by atoms with Crippen molar-refractivity contribution in [1.82, 2.24) is 15.1 Å². The predicted molar refractivity (Wildman–Crippen MR) is 109 cm³/mol. The van der Waals surface area contributed by atoms with E-state index in [9.17, 15) is 4.79 Å². The molecule has 2 unspecified atom stereocenters. The summed E-state index contributed by atoms with van der Waals surface area (Å²) in [5, 5.41) is 3.27. The Kier molecular flexibility index (Phi) is 7.13. The number of nitrogens with one attached hydrogen (secondary N) is 1. The third-order valence-electron chi connectivity index (χ3n) is 6.47. The van der Waals surface area contributed by atoms with E-state index in [4.69, 9.17) is 4.74 Å². The minimum absolute atomic E-state index is 0.122. The monoisotopic (exact) mass is 373 g/mol. The zero-order valence-corrected chi connectivity index (χ0v) is 17.1. The number of likely N-dealkylation sites (N-methyl/N-ethyl adjacent to an activating group) is 1. The van der Waals surface area contributed by atoms with Gasteiger partial charge in [-0.15, -0.1) is 0 Å². The minimum Gasteiger partial charge on any atom is -0.497 e. The maximum Gasteiger partial charge on any atom is 0.223 e. The Morgan fingerprint density at radius 2 is 1.78 bits per heavy atom. The Hall–Kier alpha value is -1.59. The predicted octanol–water partition coefficient (Wildman–Crippen LogP) is 2.93. The summed E-state index contributed by atoms with van der Waals surface area (Å²) in [5.41, 5.74) is 1.24. The highest BCUT2D eigenvalue weighted by atomic mass is 16.5. The average molecular weight is 374 g/mol. The molecule has 1 amide bonds. The van der Waals surface area contributed by atoms with Gasteiger partial charge in [-0.25, -0.2) is 0 Å². The fourth-order valence-corrected chi connectivity index (χ4v) is 4.45. The summed E-state index contributed by atoms with van der Waals surface area (Å²) in [6, 6.07) is 8.51. The number of carbonyl (C=O) groups is 1. The lowest BCUT2D eigenvalue weighted by Crippen LogP contribution is -2.49. The van der Waals surface area contributed by atoms with E-state index in [1.165, 1.54) is 31.2 Å². The molecule has 5 heteroatoms. The van der Waals surface area contributed by atoms with Crippen LogP contribution in [-0.4, -0.2) is 62.6 Å². The van der Waals surface area contributed by atoms with Gasteiger partial charge in [-0.1, -0.05) is 31.9 Å². The average Bonchev–Trinajstić information content (AvgIpc) is 3.24. The van der Waals surface area contributed by atoms with Crippen molar-refractivity contribution >= 4 is 5.91 Å². The van der Waals surface area contributed by atoms with E-state index < -0.39 is 0 Å². The van der Waals surface area contributed by atoms with Gasteiger partial charge in [0.05, 0.1) is 13.2 Å². The number of amides is 1. The SMILES string of the molecule is COc1ccc(C(CNC(=O)C(C)C2CCCC2)N2CCN(C)CC2)cc1. The molecule has 2 aliphatic rings. The highest BCUT2D eigenvalue weighted by molar-refractivity contribution is 5.78. The summed E-state index contributed by atoms with van der Waals surface area (Å²) >= 11 is 0. The normalized spacial score (nSPS) is 21.7. The number of nitrogens with zero attached hydrogens (tertiary/aromatic N) is 2. The molecule has 1 saturated carbocycles. The van der Waals surface area contributed by atoms with E-state index >= 15 is 0 Å². The van der Waals surface area contributed by atoms with Crippen LogP contribution in [0.2, 0.25) is 0 Å². The molecule has 3 rings (SSSR count). The van der Waals surface area contributed by atoms with E-state index in [0.717, 1.165) is 31.9 Å². The quantitative estimate of drug-likeness (QED) is 0.798. The molecule has 0 radical (unpaired) electrons. The van der Waals surface area contributed by atoms with Crippen LogP contribution in [0.4, 0.5) is 0 Å². The van der Waals surface area contributed by atoms with Crippen molar-refractivity contribution in [3.05, 3.63) is 29.8 Å². The van der Waals surface area contributed by atoms with Crippen LogP contribution in [-0.2, 0) is 4.79 Å². The molecule has 5 nitrogen and oxygen atoms in total. The van der Waals surface area contributed by atoms with E-state index in [0.29, 0.717) is 12.5 Å². The second-order valence-electron chi connectivity index (χ2n) is 8.21. The van der Waals surface area contributed by atoms with Crippen LogP contribution >= 0.6 is 0 Å². The van der Waals surface area contributed by atoms with Crippen LogP contribution in [0.15, 0.2) is 24.3 Å². The molecular formula is C22H35N3O2. The lowest BCUT2D eigenvalue weighted by molar-refractivity contribution is -0.126. The Labute approximate surface area is 164 Å². The van der Waals surface area contributed by atoms with Gasteiger partial charge >= 0.3 is 0 Å². The molecule has 2 fully saturated rings. The number of carbonyl (C=O) groups excluding carboxylic acids is 1. The van der Waals surface area contributed by atoms with Crippen LogP contribution in [0.25, 0.3) is 0 Å². The van der Waals surface area contributed by atoms with Gasteiger partial charge in [-0.05, 0) is 43.5 Å². The minimum atomic E-state index is 0.122. The molecule has 1 aromatic rings. The molecule has 1 heterocycles. The molecule has 0 aromatic heterocycles. The maximum atomic E-state index is 12.7. The van der Waals surface area contributed by atoms with Crippen LogP contribution < -0.4 is 10.1 Å². The fraction of sp³-hybridized carbons (Fsp3) is 0.682. The summed E-state index contributed by atoms with van der Waals surface area (Å²) in [7, 11) is 3.86. The van der Waals surface area contributed by atoms with Crippen LogP contribution in [0.1, 0.15) is 44.2 Å². The Morgan fingerprint density at radius 3 is 2.37 bits per heavy atom. The highest BCUT2D eigenvalue weighted by Crippen LogP contribution is 2.31. The summed E-state index contributed by atoms with van der Waals surface area (Å²) in [5.74, 6) is 1.77. The second-order valence-corrected chi connectivity index (χ2v) is 8.21. The van der Waals surface area contributed by atoms with Gasteiger partial charge < -0.3 is 15.0 Å². The number of hydrogen-bond donors (Lipinski definition) is 1. The van der Waals surface area contributed by atoms with Gasteiger partial charge in [0.15, 0.2) is 0 Å². The summed E-state index contributed by atoms with van der Waals surface area (Å²) < 4.78 is 5.31. The number of ether oxygens (including phenoxy) is 1.